The molecule has 0 bridgehead atoms. The van der Waals surface area contributed by atoms with E-state index >= 15 is 0 Å². The summed E-state index contributed by atoms with van der Waals surface area (Å²) >= 11 is 0. The number of hydrogen-bond donors (Lipinski definition) is 1. The van der Waals surface area contributed by atoms with Crippen LogP contribution in [0.4, 0.5) is 5.69 Å². The largest absolute Gasteiger partial charge is 0.337 e. The zero-order chi connectivity index (χ0) is 19.9. The average molecular weight is 385 g/mol. The van der Waals surface area contributed by atoms with Crippen molar-refractivity contribution >= 4 is 11.6 Å². The molecule has 1 aliphatic carbocycles. The minimum absolute atomic E-state index is 0.000808. The molecule has 148 valence electrons. The molecule has 1 aromatic heterocycles. The van der Waals surface area contributed by atoms with Crippen LogP contribution in [-0.4, -0.2) is 32.4 Å². The number of aromatic nitrogens is 2. The molecule has 1 saturated heterocycles. The van der Waals surface area contributed by atoms with Crippen molar-refractivity contribution < 1.29 is 14.2 Å². The zero-order valence-electron chi connectivity index (χ0n) is 15.8. The van der Waals surface area contributed by atoms with Gasteiger partial charge in [0.15, 0.2) is 5.82 Å². The third-order valence-corrected chi connectivity index (χ3v) is 5.82. The highest BCUT2D eigenvalue weighted by molar-refractivity contribution is 5.95. The first-order valence-corrected chi connectivity index (χ1v) is 9.58. The number of nitrogens with two attached hydrogens (primary N) is 1. The summed E-state index contributed by atoms with van der Waals surface area (Å²) in [7, 11) is 0. The summed E-state index contributed by atoms with van der Waals surface area (Å²) in [5, 5.41) is 15.1. The molecule has 2 heterocycles. The van der Waals surface area contributed by atoms with Crippen LogP contribution >= 0.6 is 0 Å². The fourth-order valence-electron chi connectivity index (χ4n) is 4.23. The number of likely N-dealkylation sites (tertiary alicyclic amines) is 1. The number of hydrogen-bond acceptors (Lipinski definition) is 7. The van der Waals surface area contributed by atoms with E-state index < -0.39 is 10.5 Å². The van der Waals surface area contributed by atoms with E-state index in [2.05, 4.69) is 10.1 Å². The molecule has 2 fully saturated rings. The van der Waals surface area contributed by atoms with Gasteiger partial charge >= 0.3 is 0 Å². The van der Waals surface area contributed by atoms with Gasteiger partial charge in [-0.25, -0.2) is 0 Å². The molecule has 4 rings (SSSR count). The molecule has 1 amide bonds. The van der Waals surface area contributed by atoms with Gasteiger partial charge in [-0.2, -0.15) is 4.98 Å². The van der Waals surface area contributed by atoms with E-state index in [0.717, 1.165) is 38.5 Å². The lowest BCUT2D eigenvalue weighted by atomic mass is 9.98. The van der Waals surface area contributed by atoms with Gasteiger partial charge in [-0.1, -0.05) is 18.0 Å². The second kappa shape index (κ2) is 6.97. The molecule has 2 aliphatic rings. The molecular weight excluding hydrogens is 362 g/mol. The number of carbonyl (C=O) groups excluding carboxylic acids is 1. The van der Waals surface area contributed by atoms with Crippen LogP contribution in [0.3, 0.4) is 0 Å². The number of nitrogens with zero attached hydrogens (tertiary/aromatic N) is 4. The van der Waals surface area contributed by atoms with E-state index in [0.29, 0.717) is 29.4 Å². The number of rotatable bonds is 4. The van der Waals surface area contributed by atoms with E-state index in [1.165, 1.54) is 12.1 Å². The lowest BCUT2D eigenvalue weighted by Gasteiger charge is -2.22. The summed E-state index contributed by atoms with van der Waals surface area (Å²) in [5.74, 6) is 0.741. The molecule has 0 spiro atoms. The van der Waals surface area contributed by atoms with Crippen LogP contribution in [0.5, 0.6) is 0 Å². The Bertz CT molecular complexity index is 919. The van der Waals surface area contributed by atoms with Gasteiger partial charge in [-0.15, -0.1) is 0 Å². The fraction of sp³-hybridized carbons (Fsp3) is 0.526. The quantitative estimate of drug-likeness (QED) is 0.632. The first-order valence-electron chi connectivity index (χ1n) is 9.58. The Hall–Kier alpha value is -2.81. The second-order valence-corrected chi connectivity index (χ2v) is 7.73. The van der Waals surface area contributed by atoms with Crippen molar-refractivity contribution in [3.63, 3.8) is 0 Å². The van der Waals surface area contributed by atoms with E-state index in [-0.39, 0.29) is 17.6 Å². The molecule has 1 aromatic carbocycles. The summed E-state index contributed by atoms with van der Waals surface area (Å²) in [6.07, 6.45) is 5.33. The minimum atomic E-state index is -0.537. The Labute approximate surface area is 162 Å². The Morgan fingerprint density at radius 3 is 2.79 bits per heavy atom. The number of aryl methyl sites for hydroxylation is 1. The van der Waals surface area contributed by atoms with Crippen molar-refractivity contribution in [1.82, 2.24) is 15.0 Å². The van der Waals surface area contributed by atoms with E-state index in [1.54, 1.807) is 17.9 Å². The summed E-state index contributed by atoms with van der Waals surface area (Å²) in [5.41, 5.74) is 6.75. The van der Waals surface area contributed by atoms with E-state index in [4.69, 9.17) is 10.3 Å². The molecule has 2 N–H and O–H groups in total. The highest BCUT2D eigenvalue weighted by Gasteiger charge is 2.39. The van der Waals surface area contributed by atoms with Gasteiger partial charge in [0.1, 0.15) is 6.04 Å². The topological polar surface area (TPSA) is 128 Å². The monoisotopic (exact) mass is 385 g/mol. The van der Waals surface area contributed by atoms with Gasteiger partial charge in [0.05, 0.1) is 10.5 Å². The maximum Gasteiger partial charge on any atom is 0.272 e. The first-order chi connectivity index (χ1) is 13.4. The van der Waals surface area contributed by atoms with Crippen LogP contribution in [0.15, 0.2) is 22.7 Å². The predicted octanol–water partition coefficient (Wildman–Crippen LogP) is 2.99. The molecule has 1 saturated carbocycles. The number of nitro benzene ring substituents is 1. The van der Waals surface area contributed by atoms with Crippen LogP contribution in [0.1, 0.15) is 72.2 Å². The maximum atomic E-state index is 13.0. The standard InChI is InChI=1S/C19H23N5O4/c1-12-11-13(6-7-14(12)24(26)27)17(25)23-10-4-5-15(23)16-21-18(22-28-16)19(20)8-2-3-9-19/h6-7,11,15H,2-5,8-10,20H2,1H3. The van der Waals surface area contributed by atoms with E-state index in [1.807, 2.05) is 0 Å². The number of nitro groups is 1. The molecule has 1 aliphatic heterocycles. The normalized spacial score (nSPS) is 21.2. The van der Waals surface area contributed by atoms with Crippen molar-refractivity contribution in [2.45, 2.75) is 57.0 Å². The lowest BCUT2D eigenvalue weighted by Crippen LogP contribution is -2.34. The summed E-state index contributed by atoms with van der Waals surface area (Å²) in [6, 6.07) is 4.13. The molecule has 9 heteroatoms. The molecule has 1 atom stereocenters. The maximum absolute atomic E-state index is 13.0. The summed E-state index contributed by atoms with van der Waals surface area (Å²) < 4.78 is 5.49. The smallest absolute Gasteiger partial charge is 0.272 e. The Kier molecular flexibility index (Phi) is 4.62. The summed E-state index contributed by atoms with van der Waals surface area (Å²) in [6.45, 7) is 2.20. The molecule has 2 aromatic rings. The molecule has 1 unspecified atom stereocenters. The zero-order valence-corrected chi connectivity index (χ0v) is 15.8. The molecule has 0 radical (unpaired) electrons. The van der Waals surface area contributed by atoms with Crippen LogP contribution in [0, 0.1) is 17.0 Å². The van der Waals surface area contributed by atoms with Crippen LogP contribution in [0.2, 0.25) is 0 Å². The van der Waals surface area contributed by atoms with Crippen LogP contribution < -0.4 is 5.73 Å². The number of amides is 1. The SMILES string of the molecule is Cc1cc(C(=O)N2CCCC2c2nc(C3(N)CCCC3)no2)ccc1[N+](=O)[O-]. The summed E-state index contributed by atoms with van der Waals surface area (Å²) in [4.78, 5) is 29.8. The van der Waals surface area contributed by atoms with E-state index in [9.17, 15) is 14.9 Å². The van der Waals surface area contributed by atoms with Gasteiger partial charge in [-0.3, -0.25) is 14.9 Å². The fourth-order valence-corrected chi connectivity index (χ4v) is 4.23. The number of carbonyl (C=O) groups is 1. The van der Waals surface area contributed by atoms with Crippen molar-refractivity contribution in [3.8, 4) is 0 Å². The lowest BCUT2D eigenvalue weighted by molar-refractivity contribution is -0.385. The van der Waals surface area contributed by atoms with Crippen molar-refractivity contribution in [3.05, 3.63) is 51.2 Å². The Morgan fingerprint density at radius 2 is 2.11 bits per heavy atom. The molecule has 9 nitrogen and oxygen atoms in total. The van der Waals surface area contributed by atoms with Gasteiger partial charge in [-0.05, 0) is 44.7 Å². The van der Waals surface area contributed by atoms with Gasteiger partial charge < -0.3 is 15.2 Å². The third-order valence-electron chi connectivity index (χ3n) is 5.82. The molecular formula is C19H23N5O4. The van der Waals surface area contributed by atoms with Crippen molar-refractivity contribution in [1.29, 1.82) is 0 Å². The number of benzene rings is 1. The first kappa shape index (κ1) is 18.5. The van der Waals surface area contributed by atoms with Crippen molar-refractivity contribution in [2.24, 2.45) is 5.73 Å². The highest BCUT2D eigenvalue weighted by Crippen LogP contribution is 2.37. The third kappa shape index (κ3) is 3.15. The predicted molar refractivity (Wildman–Crippen MR) is 99.5 cm³/mol. The van der Waals surface area contributed by atoms with Gasteiger partial charge in [0.2, 0.25) is 5.89 Å². The van der Waals surface area contributed by atoms with Crippen LogP contribution in [-0.2, 0) is 5.54 Å². The van der Waals surface area contributed by atoms with Gasteiger partial charge in [0, 0.05) is 23.7 Å². The molecule has 28 heavy (non-hydrogen) atoms. The van der Waals surface area contributed by atoms with Gasteiger partial charge in [0.25, 0.3) is 11.6 Å². The second-order valence-electron chi connectivity index (χ2n) is 7.73. The minimum Gasteiger partial charge on any atom is -0.337 e. The van der Waals surface area contributed by atoms with Crippen molar-refractivity contribution in [2.75, 3.05) is 6.54 Å². The average Bonchev–Trinajstić information content (AvgIpc) is 3.40. The van der Waals surface area contributed by atoms with Crippen LogP contribution in [0.25, 0.3) is 0 Å². The Balaban J connectivity index is 1.57. The highest BCUT2D eigenvalue weighted by atomic mass is 16.6. The Morgan fingerprint density at radius 1 is 1.36 bits per heavy atom.